The number of hydrazine groups is 1. The molecule has 1 aromatic rings. The molecule has 116 valence electrons. The lowest BCUT2D eigenvalue weighted by Crippen LogP contribution is -2.33. The normalized spacial score (nSPS) is 21.5. The topological polar surface area (TPSA) is 109 Å². The number of hydrogen-bond acceptors (Lipinski definition) is 6. The summed E-state index contributed by atoms with van der Waals surface area (Å²) in [6.45, 7) is 0.0927. The number of carbonyl (C=O) groups is 2. The third-order valence-electron chi connectivity index (χ3n) is 3.58. The average molecular weight is 306 g/mol. The van der Waals surface area contributed by atoms with Gasteiger partial charge in [-0.05, 0) is 18.6 Å². The Morgan fingerprint density at radius 1 is 1.32 bits per heavy atom. The zero-order chi connectivity index (χ0) is 15.7. The van der Waals surface area contributed by atoms with Crippen molar-refractivity contribution in [2.24, 2.45) is 5.28 Å². The number of benzene rings is 1. The maximum Gasteiger partial charge on any atom is 0.264 e. The highest BCUT2D eigenvalue weighted by Gasteiger charge is 2.36. The van der Waals surface area contributed by atoms with E-state index >= 15 is 0 Å². The predicted molar refractivity (Wildman–Crippen MR) is 71.1 cm³/mol. The van der Waals surface area contributed by atoms with Gasteiger partial charge in [-0.1, -0.05) is 12.1 Å². The van der Waals surface area contributed by atoms with E-state index in [1.807, 2.05) is 0 Å². The van der Waals surface area contributed by atoms with E-state index in [0.29, 0.717) is 24.1 Å². The van der Waals surface area contributed by atoms with Crippen LogP contribution >= 0.6 is 0 Å². The van der Waals surface area contributed by atoms with Gasteiger partial charge in [0.05, 0.1) is 28.7 Å². The van der Waals surface area contributed by atoms with E-state index < -0.39 is 24.6 Å². The summed E-state index contributed by atoms with van der Waals surface area (Å²) in [6.07, 6.45) is -0.0879. The van der Waals surface area contributed by atoms with Gasteiger partial charge >= 0.3 is 0 Å². The summed E-state index contributed by atoms with van der Waals surface area (Å²) < 4.78 is 0. The fraction of sp³-hybridized carbons (Fsp3) is 0.385. The Morgan fingerprint density at radius 2 is 1.95 bits per heavy atom. The molecule has 9 nitrogen and oxygen atoms in total. The summed E-state index contributed by atoms with van der Waals surface area (Å²) in [4.78, 5) is 30.0. The van der Waals surface area contributed by atoms with Crippen molar-refractivity contribution in [2.75, 3.05) is 19.8 Å². The van der Waals surface area contributed by atoms with Crippen molar-refractivity contribution in [3.05, 3.63) is 40.6 Å². The molecule has 2 heterocycles. The largest absolute Gasteiger partial charge is 0.569 e. The zero-order valence-corrected chi connectivity index (χ0v) is 11.6. The molecule has 1 unspecified atom stereocenters. The smallest absolute Gasteiger partial charge is 0.264 e. The van der Waals surface area contributed by atoms with Crippen molar-refractivity contribution in [3.63, 3.8) is 0 Å². The van der Waals surface area contributed by atoms with Crippen LogP contribution in [0.3, 0.4) is 0 Å². The van der Waals surface area contributed by atoms with Crippen LogP contribution in [0.4, 0.5) is 0 Å². The van der Waals surface area contributed by atoms with Crippen LogP contribution < -0.4 is 0 Å². The van der Waals surface area contributed by atoms with E-state index in [1.165, 1.54) is 5.01 Å². The summed E-state index contributed by atoms with van der Waals surface area (Å²) in [5.74, 6) is -0.963. The Hall–Kier alpha value is -2.68. The molecule has 1 saturated heterocycles. The molecule has 0 bridgehead atoms. The van der Waals surface area contributed by atoms with E-state index in [0.717, 1.165) is 4.90 Å². The number of β-amino-alcohol motifs (C(OH)–C–C–N with tert-alkyl or cyclic N) is 1. The molecule has 0 aromatic heterocycles. The number of aliphatic hydroxyl groups excluding tert-OH is 1. The van der Waals surface area contributed by atoms with Crippen LogP contribution in [0.25, 0.3) is 0 Å². The number of aliphatic hydroxyl groups is 1. The number of imide groups is 1. The molecule has 9 heteroatoms. The van der Waals surface area contributed by atoms with E-state index in [9.17, 15) is 19.9 Å². The third-order valence-corrected chi connectivity index (χ3v) is 3.58. The molecular weight excluding hydrogens is 292 g/mol. The van der Waals surface area contributed by atoms with Gasteiger partial charge in [-0.2, -0.15) is 0 Å². The molecule has 2 aliphatic rings. The van der Waals surface area contributed by atoms with Gasteiger partial charge in [0.2, 0.25) is 12.0 Å². The van der Waals surface area contributed by atoms with Crippen molar-refractivity contribution in [1.29, 1.82) is 0 Å². The minimum Gasteiger partial charge on any atom is -0.569 e. The monoisotopic (exact) mass is 306 g/mol. The maximum atomic E-state index is 12.0. The summed E-state index contributed by atoms with van der Waals surface area (Å²) in [5.41, 5.74) is 0.607. The van der Waals surface area contributed by atoms with Gasteiger partial charge in [-0.3, -0.25) is 9.59 Å². The van der Waals surface area contributed by atoms with Crippen LogP contribution in [0.1, 0.15) is 27.1 Å². The fourth-order valence-corrected chi connectivity index (χ4v) is 2.42. The molecule has 2 aliphatic heterocycles. The summed E-state index contributed by atoms with van der Waals surface area (Å²) >= 11 is 0. The number of carbonyl (C=O) groups excluding carboxylic acids is 2. The summed E-state index contributed by atoms with van der Waals surface area (Å²) in [6, 6.07) is 6.43. The lowest BCUT2D eigenvalue weighted by molar-refractivity contribution is -0.708. The molecule has 1 N–H and O–H groups in total. The number of fused-ring (bicyclic) bond motifs is 1. The highest BCUT2D eigenvalue weighted by molar-refractivity contribution is 6.21. The van der Waals surface area contributed by atoms with Gasteiger partial charge in [0.15, 0.2) is 0 Å². The van der Waals surface area contributed by atoms with E-state index in [4.69, 9.17) is 4.84 Å². The Balaban J connectivity index is 1.61. The van der Waals surface area contributed by atoms with Gasteiger partial charge in [-0.25, -0.2) is 4.90 Å². The van der Waals surface area contributed by atoms with Crippen LogP contribution in [-0.2, 0) is 4.84 Å². The van der Waals surface area contributed by atoms with Crippen LogP contribution in [-0.4, -0.2) is 57.7 Å². The first-order chi connectivity index (χ1) is 10.6. The van der Waals surface area contributed by atoms with Gasteiger partial charge in [-0.15, -0.1) is 5.01 Å². The zero-order valence-electron chi connectivity index (χ0n) is 11.6. The van der Waals surface area contributed by atoms with Crippen LogP contribution in [0, 0.1) is 5.21 Å². The molecular formula is C13H14N4O5. The Kier molecular flexibility index (Phi) is 3.63. The molecule has 0 aliphatic carbocycles. The number of nitrogens with zero attached hydrogens (tertiary/aromatic N) is 4. The molecule has 1 atom stereocenters. The Morgan fingerprint density at radius 3 is 2.50 bits per heavy atom. The minimum atomic E-state index is -0.567. The van der Waals surface area contributed by atoms with E-state index in [-0.39, 0.29) is 11.5 Å². The second-order valence-corrected chi connectivity index (χ2v) is 5.03. The fourth-order valence-electron chi connectivity index (χ4n) is 2.42. The van der Waals surface area contributed by atoms with Crippen LogP contribution in [0.2, 0.25) is 0 Å². The van der Waals surface area contributed by atoms with Crippen LogP contribution in [0.5, 0.6) is 0 Å². The highest BCUT2D eigenvalue weighted by Crippen LogP contribution is 2.22. The molecule has 1 fully saturated rings. The highest BCUT2D eigenvalue weighted by atomic mass is 16.7. The first-order valence-electron chi connectivity index (χ1n) is 6.76. The molecule has 2 amide bonds. The third kappa shape index (κ3) is 2.46. The first-order valence-corrected chi connectivity index (χ1v) is 6.76. The number of amides is 2. The van der Waals surface area contributed by atoms with Crippen molar-refractivity contribution in [1.82, 2.24) is 9.91 Å². The first kappa shape index (κ1) is 14.3. The van der Waals surface area contributed by atoms with E-state index in [1.54, 1.807) is 24.3 Å². The summed E-state index contributed by atoms with van der Waals surface area (Å²) in [7, 11) is 0. The van der Waals surface area contributed by atoms with Crippen molar-refractivity contribution in [2.45, 2.75) is 12.5 Å². The lowest BCUT2D eigenvalue weighted by atomic mass is 10.1. The Labute approximate surface area is 125 Å². The maximum absolute atomic E-state index is 12.0. The minimum absolute atomic E-state index is 0.170. The predicted octanol–water partition coefficient (Wildman–Crippen LogP) is 0.116. The molecule has 0 radical (unpaired) electrons. The second-order valence-electron chi connectivity index (χ2n) is 5.03. The number of hydrogen-bond donors (Lipinski definition) is 1. The summed E-state index contributed by atoms with van der Waals surface area (Å²) in [5, 5.41) is 25.5. The quantitative estimate of drug-likeness (QED) is 0.366. The van der Waals surface area contributed by atoms with E-state index in [2.05, 4.69) is 5.28 Å². The van der Waals surface area contributed by atoms with Gasteiger partial charge in [0, 0.05) is 0 Å². The molecule has 22 heavy (non-hydrogen) atoms. The van der Waals surface area contributed by atoms with Crippen molar-refractivity contribution in [3.8, 4) is 0 Å². The van der Waals surface area contributed by atoms with Crippen molar-refractivity contribution >= 4 is 11.8 Å². The lowest BCUT2D eigenvalue weighted by Gasteiger charge is -2.13. The molecule has 0 saturated carbocycles. The van der Waals surface area contributed by atoms with Crippen molar-refractivity contribution < 1.29 is 24.5 Å². The Bertz CT molecular complexity index is 612. The molecule has 0 spiro atoms. The van der Waals surface area contributed by atoms with Gasteiger partial charge in [0.1, 0.15) is 6.54 Å². The standard InChI is InChI=1S/C13H14N4O5/c18-9-5-6-15(7-9)17(21)14-22-8-16-12(19)10-3-1-2-4-11(10)13(16)20/h1-4,9,18H,5-8H2/b17-14-. The number of rotatable bonds is 4. The molecule has 1 aromatic carbocycles. The average Bonchev–Trinajstić information content (AvgIpc) is 3.05. The SMILES string of the molecule is O=C1c2ccccc2C(=O)N1CO/N=[N+](\[O-])N1CCC(O)C1. The molecule has 3 rings (SSSR count). The van der Waals surface area contributed by atoms with Gasteiger partial charge in [0.25, 0.3) is 11.8 Å². The van der Waals surface area contributed by atoms with Crippen LogP contribution in [0.15, 0.2) is 29.5 Å². The second kappa shape index (κ2) is 5.60. The van der Waals surface area contributed by atoms with Gasteiger partial charge < -0.3 is 15.2 Å².